The van der Waals surface area contributed by atoms with E-state index in [1.807, 2.05) is 0 Å². The first kappa shape index (κ1) is 13.9. The van der Waals surface area contributed by atoms with Crippen molar-refractivity contribution in [3.05, 3.63) is 34.9 Å². The van der Waals surface area contributed by atoms with E-state index < -0.39 is 12.0 Å². The Morgan fingerprint density at radius 3 is 2.53 bits per heavy atom. The van der Waals surface area contributed by atoms with Crippen LogP contribution < -0.4 is 5.32 Å². The van der Waals surface area contributed by atoms with Crippen molar-refractivity contribution in [2.75, 3.05) is 6.61 Å². The number of amides is 1. The molecule has 1 atom stereocenters. The highest BCUT2D eigenvalue weighted by atomic mass is 35.5. The molecule has 1 N–H and O–H groups in total. The van der Waals surface area contributed by atoms with E-state index in [2.05, 4.69) is 5.32 Å². The van der Waals surface area contributed by atoms with Crippen LogP contribution in [-0.4, -0.2) is 18.5 Å². The van der Waals surface area contributed by atoms with Gasteiger partial charge in [-0.05, 0) is 37.5 Å². The van der Waals surface area contributed by atoms with Crippen molar-refractivity contribution in [3.8, 4) is 0 Å². The molecule has 1 aliphatic rings. The summed E-state index contributed by atoms with van der Waals surface area (Å²) >= 11 is 5.82. The van der Waals surface area contributed by atoms with Gasteiger partial charge in [-0.2, -0.15) is 0 Å². The molecule has 19 heavy (non-hydrogen) atoms. The smallest absolute Gasteiger partial charge is 0.333 e. The van der Waals surface area contributed by atoms with Gasteiger partial charge in [0, 0.05) is 10.9 Å². The van der Waals surface area contributed by atoms with Gasteiger partial charge in [0.2, 0.25) is 5.91 Å². The first-order valence-electron chi connectivity index (χ1n) is 6.34. The second-order valence-electron chi connectivity index (χ2n) is 4.52. The van der Waals surface area contributed by atoms with E-state index >= 15 is 0 Å². The van der Waals surface area contributed by atoms with Crippen LogP contribution in [0.3, 0.4) is 0 Å². The summed E-state index contributed by atoms with van der Waals surface area (Å²) in [6, 6.07) is 6.05. The molecule has 4 nitrogen and oxygen atoms in total. The van der Waals surface area contributed by atoms with Gasteiger partial charge < -0.3 is 10.1 Å². The fourth-order valence-electron chi connectivity index (χ4n) is 1.76. The van der Waals surface area contributed by atoms with Gasteiger partial charge in [-0.3, -0.25) is 4.79 Å². The molecule has 0 aromatic heterocycles. The van der Waals surface area contributed by atoms with Crippen LogP contribution in [0, 0.1) is 5.92 Å². The summed E-state index contributed by atoms with van der Waals surface area (Å²) in [7, 11) is 0. The van der Waals surface area contributed by atoms with Crippen molar-refractivity contribution in [2.45, 2.75) is 25.8 Å². The number of benzene rings is 1. The Balaban J connectivity index is 2.14. The summed E-state index contributed by atoms with van der Waals surface area (Å²) in [4.78, 5) is 23.8. The van der Waals surface area contributed by atoms with Gasteiger partial charge >= 0.3 is 5.97 Å². The topological polar surface area (TPSA) is 55.4 Å². The van der Waals surface area contributed by atoms with Crippen molar-refractivity contribution in [1.29, 1.82) is 0 Å². The highest BCUT2D eigenvalue weighted by Gasteiger charge is 2.33. The molecule has 0 aliphatic heterocycles. The summed E-state index contributed by atoms with van der Waals surface area (Å²) < 4.78 is 5.00. The predicted molar refractivity (Wildman–Crippen MR) is 71.7 cm³/mol. The number of carbonyl (C=O) groups excluding carboxylic acids is 2. The van der Waals surface area contributed by atoms with E-state index in [0.717, 1.165) is 12.8 Å². The van der Waals surface area contributed by atoms with E-state index in [-0.39, 0.29) is 18.4 Å². The molecule has 0 spiro atoms. The molecular formula is C14H16ClNO3. The Morgan fingerprint density at radius 1 is 1.37 bits per heavy atom. The third kappa shape index (κ3) is 3.70. The lowest BCUT2D eigenvalue weighted by atomic mass is 10.1. The van der Waals surface area contributed by atoms with Gasteiger partial charge in [0.25, 0.3) is 0 Å². The van der Waals surface area contributed by atoms with E-state index in [0.29, 0.717) is 10.6 Å². The Kier molecular flexibility index (Phi) is 4.43. The van der Waals surface area contributed by atoms with Crippen molar-refractivity contribution >= 4 is 23.5 Å². The van der Waals surface area contributed by atoms with Crippen LogP contribution in [0.4, 0.5) is 0 Å². The monoisotopic (exact) mass is 281 g/mol. The van der Waals surface area contributed by atoms with Crippen LogP contribution in [-0.2, 0) is 14.3 Å². The van der Waals surface area contributed by atoms with Gasteiger partial charge in [0.05, 0.1) is 6.61 Å². The molecule has 0 heterocycles. The molecule has 1 amide bonds. The van der Waals surface area contributed by atoms with Crippen molar-refractivity contribution < 1.29 is 14.3 Å². The number of ether oxygens (including phenoxy) is 1. The summed E-state index contributed by atoms with van der Waals surface area (Å²) in [6.07, 6.45) is 1.78. The van der Waals surface area contributed by atoms with Crippen LogP contribution in [0.25, 0.3) is 0 Å². The SMILES string of the molecule is CCOC(=O)C(NC(=O)C1CC1)c1ccc(Cl)cc1. The second kappa shape index (κ2) is 6.06. The maximum absolute atomic E-state index is 11.9. The van der Waals surface area contributed by atoms with Gasteiger partial charge in [0.1, 0.15) is 0 Å². The minimum Gasteiger partial charge on any atom is -0.464 e. The van der Waals surface area contributed by atoms with Crippen molar-refractivity contribution in [2.24, 2.45) is 5.92 Å². The predicted octanol–water partition coefficient (Wildman–Crippen LogP) is 2.47. The quantitative estimate of drug-likeness (QED) is 0.844. The van der Waals surface area contributed by atoms with Crippen LogP contribution >= 0.6 is 11.6 Å². The number of esters is 1. The van der Waals surface area contributed by atoms with Gasteiger partial charge in [-0.25, -0.2) is 4.79 Å². The van der Waals surface area contributed by atoms with E-state index in [9.17, 15) is 9.59 Å². The summed E-state index contributed by atoms with van der Waals surface area (Å²) in [5.74, 6) is -0.490. The zero-order valence-electron chi connectivity index (χ0n) is 10.7. The second-order valence-corrected chi connectivity index (χ2v) is 4.96. The van der Waals surface area contributed by atoms with Crippen molar-refractivity contribution in [3.63, 3.8) is 0 Å². The molecule has 0 bridgehead atoms. The molecule has 1 fully saturated rings. The highest BCUT2D eigenvalue weighted by molar-refractivity contribution is 6.30. The average molecular weight is 282 g/mol. The zero-order chi connectivity index (χ0) is 13.8. The Labute approximate surface area is 117 Å². The molecule has 1 unspecified atom stereocenters. The summed E-state index contributed by atoms with van der Waals surface area (Å²) in [5, 5.41) is 3.33. The Morgan fingerprint density at radius 2 is 2.00 bits per heavy atom. The minimum absolute atomic E-state index is 0.0456. The lowest BCUT2D eigenvalue weighted by Gasteiger charge is -2.17. The van der Waals surface area contributed by atoms with Gasteiger partial charge in [-0.15, -0.1) is 0 Å². The van der Waals surface area contributed by atoms with Gasteiger partial charge in [-0.1, -0.05) is 23.7 Å². The molecule has 102 valence electrons. The standard InChI is InChI=1S/C14H16ClNO3/c1-2-19-14(18)12(16-13(17)10-3-4-10)9-5-7-11(15)8-6-9/h5-8,10,12H,2-4H2,1H3,(H,16,17). The third-order valence-electron chi connectivity index (χ3n) is 2.96. The number of halogens is 1. The third-order valence-corrected chi connectivity index (χ3v) is 3.21. The van der Waals surface area contributed by atoms with E-state index in [1.54, 1.807) is 31.2 Å². The molecule has 0 radical (unpaired) electrons. The zero-order valence-corrected chi connectivity index (χ0v) is 11.4. The summed E-state index contributed by atoms with van der Waals surface area (Å²) in [5.41, 5.74) is 0.678. The first-order valence-corrected chi connectivity index (χ1v) is 6.72. The fourth-order valence-corrected chi connectivity index (χ4v) is 1.89. The van der Waals surface area contributed by atoms with E-state index in [1.165, 1.54) is 0 Å². The summed E-state index contributed by atoms with van der Waals surface area (Å²) in [6.45, 7) is 2.02. The molecule has 0 saturated heterocycles. The lowest BCUT2D eigenvalue weighted by Crippen LogP contribution is -2.35. The van der Waals surface area contributed by atoms with E-state index in [4.69, 9.17) is 16.3 Å². The molecule has 1 aliphatic carbocycles. The van der Waals surface area contributed by atoms with Crippen molar-refractivity contribution in [1.82, 2.24) is 5.32 Å². The number of hydrogen-bond donors (Lipinski definition) is 1. The molecule has 1 saturated carbocycles. The largest absolute Gasteiger partial charge is 0.464 e. The number of carbonyl (C=O) groups is 2. The van der Waals surface area contributed by atoms with Gasteiger partial charge in [0.15, 0.2) is 6.04 Å². The fraction of sp³-hybridized carbons (Fsp3) is 0.429. The number of nitrogens with one attached hydrogen (secondary N) is 1. The van der Waals surface area contributed by atoms with Crippen LogP contribution in [0.5, 0.6) is 0 Å². The Hall–Kier alpha value is -1.55. The first-order chi connectivity index (χ1) is 9.11. The van der Waals surface area contributed by atoms with Crippen LogP contribution in [0.1, 0.15) is 31.4 Å². The normalized spacial score (nSPS) is 15.7. The minimum atomic E-state index is -0.759. The molecular weight excluding hydrogens is 266 g/mol. The average Bonchev–Trinajstić information content (AvgIpc) is 3.21. The number of hydrogen-bond acceptors (Lipinski definition) is 3. The Bertz CT molecular complexity index is 468. The lowest BCUT2D eigenvalue weighted by molar-refractivity contribution is -0.147. The number of rotatable bonds is 5. The maximum atomic E-state index is 11.9. The molecule has 5 heteroatoms. The molecule has 2 rings (SSSR count). The van der Waals surface area contributed by atoms with Crippen LogP contribution in [0.15, 0.2) is 24.3 Å². The highest BCUT2D eigenvalue weighted by Crippen LogP contribution is 2.30. The maximum Gasteiger partial charge on any atom is 0.333 e. The molecule has 1 aromatic carbocycles. The van der Waals surface area contributed by atoms with Crippen LogP contribution in [0.2, 0.25) is 5.02 Å². The molecule has 1 aromatic rings.